The van der Waals surface area contributed by atoms with Crippen LogP contribution in [0.5, 0.6) is 28.7 Å². The van der Waals surface area contributed by atoms with Crippen molar-refractivity contribution < 1.29 is 33.3 Å². The van der Waals surface area contributed by atoms with Crippen molar-refractivity contribution in [1.82, 2.24) is 9.80 Å². The number of hydrogen-bond acceptors (Lipinski definition) is 11. The third-order valence-corrected chi connectivity index (χ3v) is 9.90. The number of carbonyl (C=O) groups is 2. The summed E-state index contributed by atoms with van der Waals surface area (Å²) in [7, 11) is 6.72. The number of hydrogen-bond donors (Lipinski definition) is 1. The van der Waals surface area contributed by atoms with Crippen molar-refractivity contribution in [2.45, 2.75) is 31.3 Å². The van der Waals surface area contributed by atoms with Crippen LogP contribution in [0.4, 0.5) is 17.1 Å². The number of benzene rings is 4. The number of aliphatic imine (C=N–C) groups is 2. The Morgan fingerprint density at radius 2 is 1.47 bits per heavy atom. The van der Waals surface area contributed by atoms with Gasteiger partial charge in [-0.2, -0.15) is 0 Å². The van der Waals surface area contributed by atoms with Crippen molar-refractivity contribution >= 4 is 52.8 Å². The van der Waals surface area contributed by atoms with Gasteiger partial charge in [0.25, 0.3) is 5.91 Å². The average molecular weight is 742 g/mol. The number of nitrogens with two attached hydrogens (primary N) is 1. The van der Waals surface area contributed by atoms with E-state index in [2.05, 4.69) is 11.1 Å². The highest BCUT2D eigenvalue weighted by Gasteiger charge is 2.33. The second kappa shape index (κ2) is 16.2. The quantitative estimate of drug-likeness (QED) is 0.0608. The molecule has 3 aliphatic rings. The lowest BCUT2D eigenvalue weighted by molar-refractivity contribution is 0.0817. The van der Waals surface area contributed by atoms with Crippen LogP contribution in [0.1, 0.15) is 51.1 Å². The molecule has 2 atom stereocenters. The minimum atomic E-state index is -0.206. The SMILES string of the molecule is COc1ccc(C2=CN(C)C(/C=N\c3cc(OCCCOc4cc5c(cc4OC)C(=O)N4C=C(c6ccc(N)cc6)CC4C=N5)c(OC)cc3C=O)C2)cc1. The zero-order valence-corrected chi connectivity index (χ0v) is 31.2. The minimum absolute atomic E-state index is 0.0103. The zero-order chi connectivity index (χ0) is 38.5. The van der Waals surface area contributed by atoms with E-state index in [1.807, 2.05) is 68.0 Å². The first-order chi connectivity index (χ1) is 26.8. The number of fused-ring (bicyclic) bond motifs is 2. The monoisotopic (exact) mass is 741 g/mol. The van der Waals surface area contributed by atoms with E-state index in [9.17, 15) is 9.59 Å². The predicted molar refractivity (Wildman–Crippen MR) is 214 cm³/mol. The summed E-state index contributed by atoms with van der Waals surface area (Å²) in [6, 6.07) is 22.2. The molecule has 4 aromatic carbocycles. The Bertz CT molecular complexity index is 2190. The van der Waals surface area contributed by atoms with Crippen LogP contribution in [-0.2, 0) is 0 Å². The number of aldehydes is 1. The molecular formula is C43H43N5O7. The summed E-state index contributed by atoms with van der Waals surface area (Å²) < 4.78 is 28.7. The molecule has 0 spiro atoms. The van der Waals surface area contributed by atoms with Gasteiger partial charge in [-0.1, -0.05) is 24.3 Å². The van der Waals surface area contributed by atoms with Gasteiger partial charge < -0.3 is 39.2 Å². The zero-order valence-electron chi connectivity index (χ0n) is 31.2. The standard InChI is InChI=1S/C43H43N5O7/c1-47-24-29(28-8-12-35(51-2)13-9-28)16-33(47)22-45-37-20-41(39(52-3)18-31(37)26-49)54-14-5-15-55-42-21-38-36(19-40(42)53-4)43(50)48-25-30(17-34(48)23-46-38)27-6-10-32(44)11-7-27/h6-13,18-26,33-34H,5,14-17,44H2,1-4H3/b45-22-. The summed E-state index contributed by atoms with van der Waals surface area (Å²) in [5, 5.41) is 0. The topological polar surface area (TPSA) is 138 Å². The molecule has 55 heavy (non-hydrogen) atoms. The van der Waals surface area contributed by atoms with Crippen molar-refractivity contribution in [3.63, 3.8) is 0 Å². The van der Waals surface area contributed by atoms with Crippen LogP contribution in [0.3, 0.4) is 0 Å². The highest BCUT2D eigenvalue weighted by atomic mass is 16.5. The molecule has 0 saturated heterocycles. The molecule has 12 heteroatoms. The van der Waals surface area contributed by atoms with Gasteiger partial charge in [0, 0.05) is 68.1 Å². The molecule has 0 aliphatic carbocycles. The molecule has 282 valence electrons. The molecule has 0 aromatic heterocycles. The van der Waals surface area contributed by atoms with Crippen molar-refractivity contribution in [1.29, 1.82) is 0 Å². The number of nitrogen functional groups attached to an aromatic ring is 1. The summed E-state index contributed by atoms with van der Waals surface area (Å²) in [5.41, 5.74) is 12.7. The lowest BCUT2D eigenvalue weighted by atomic mass is 10.0. The molecule has 0 saturated carbocycles. The Kier molecular flexibility index (Phi) is 10.8. The maximum Gasteiger partial charge on any atom is 0.260 e. The summed E-state index contributed by atoms with van der Waals surface area (Å²) >= 11 is 0. The van der Waals surface area contributed by atoms with Crippen LogP contribution in [0, 0.1) is 0 Å². The van der Waals surface area contributed by atoms with Gasteiger partial charge in [0.2, 0.25) is 0 Å². The van der Waals surface area contributed by atoms with E-state index in [0.29, 0.717) is 77.2 Å². The first-order valence-corrected chi connectivity index (χ1v) is 18.0. The first-order valence-electron chi connectivity index (χ1n) is 18.0. The van der Waals surface area contributed by atoms with Gasteiger partial charge in [0.05, 0.1) is 63.6 Å². The number of methoxy groups -OCH3 is 3. The Balaban J connectivity index is 0.976. The van der Waals surface area contributed by atoms with Crippen molar-refractivity contribution in [2.24, 2.45) is 9.98 Å². The van der Waals surface area contributed by atoms with E-state index < -0.39 is 0 Å². The van der Waals surface area contributed by atoms with E-state index in [0.717, 1.165) is 35.2 Å². The summed E-state index contributed by atoms with van der Waals surface area (Å²) in [6.45, 7) is 0.593. The van der Waals surface area contributed by atoms with Crippen molar-refractivity contribution in [3.05, 3.63) is 107 Å². The van der Waals surface area contributed by atoms with Crippen LogP contribution >= 0.6 is 0 Å². The Morgan fingerprint density at radius 3 is 2.15 bits per heavy atom. The van der Waals surface area contributed by atoms with Gasteiger partial charge in [0.1, 0.15) is 5.75 Å². The highest BCUT2D eigenvalue weighted by molar-refractivity contribution is 6.05. The largest absolute Gasteiger partial charge is 0.497 e. The number of nitrogens with zero attached hydrogens (tertiary/aromatic N) is 4. The molecule has 2 unspecified atom stereocenters. The fourth-order valence-corrected chi connectivity index (χ4v) is 6.82. The van der Waals surface area contributed by atoms with E-state index in [1.54, 1.807) is 42.5 Å². The van der Waals surface area contributed by atoms with Crippen LogP contribution < -0.4 is 29.4 Å². The molecule has 3 aliphatic heterocycles. The number of anilines is 1. The normalized spacial score (nSPS) is 17.3. The van der Waals surface area contributed by atoms with Crippen molar-refractivity contribution in [3.8, 4) is 28.7 Å². The number of amides is 1. The second-order valence-corrected chi connectivity index (χ2v) is 13.4. The van der Waals surface area contributed by atoms with Gasteiger partial charge in [-0.15, -0.1) is 0 Å². The lowest BCUT2D eigenvalue weighted by Gasteiger charge is -2.19. The Labute approximate surface area is 320 Å². The van der Waals surface area contributed by atoms with Gasteiger partial charge in [-0.05, 0) is 65.1 Å². The summed E-state index contributed by atoms with van der Waals surface area (Å²) in [6.07, 6.45) is 10.3. The van der Waals surface area contributed by atoms with Crippen molar-refractivity contribution in [2.75, 3.05) is 47.3 Å². The van der Waals surface area contributed by atoms with Crippen LogP contribution in [-0.4, -0.2) is 88.1 Å². The smallest absolute Gasteiger partial charge is 0.260 e. The molecule has 0 fully saturated rings. The fourth-order valence-electron chi connectivity index (χ4n) is 6.82. The van der Waals surface area contributed by atoms with Gasteiger partial charge >= 0.3 is 0 Å². The molecule has 0 radical (unpaired) electrons. The molecule has 4 aromatic rings. The van der Waals surface area contributed by atoms with Crippen LogP contribution in [0.15, 0.2) is 95.2 Å². The molecule has 0 bridgehead atoms. The predicted octanol–water partition coefficient (Wildman–Crippen LogP) is 7.37. The van der Waals surface area contributed by atoms with Crippen LogP contribution in [0.2, 0.25) is 0 Å². The van der Waals surface area contributed by atoms with Crippen LogP contribution in [0.25, 0.3) is 11.1 Å². The summed E-state index contributed by atoms with van der Waals surface area (Å²) in [5.74, 6) is 2.43. The number of carbonyl (C=O) groups excluding carboxylic acids is 2. The van der Waals surface area contributed by atoms with Gasteiger partial charge in [-0.25, -0.2) is 0 Å². The van der Waals surface area contributed by atoms with E-state index in [4.69, 9.17) is 39.4 Å². The molecule has 12 nitrogen and oxygen atoms in total. The Morgan fingerprint density at radius 1 is 0.818 bits per heavy atom. The molecule has 2 N–H and O–H groups in total. The number of rotatable bonds is 14. The maximum absolute atomic E-state index is 13.7. The van der Waals surface area contributed by atoms with E-state index in [-0.39, 0.29) is 18.0 Å². The second-order valence-electron chi connectivity index (χ2n) is 13.4. The van der Waals surface area contributed by atoms with E-state index >= 15 is 0 Å². The molecule has 7 rings (SSSR count). The molecule has 1 amide bonds. The molecular weight excluding hydrogens is 699 g/mol. The molecule has 3 heterocycles. The first kappa shape index (κ1) is 36.8. The van der Waals surface area contributed by atoms with Gasteiger partial charge in [-0.3, -0.25) is 19.6 Å². The third-order valence-electron chi connectivity index (χ3n) is 9.90. The third kappa shape index (κ3) is 7.89. The minimum Gasteiger partial charge on any atom is -0.497 e. The van der Waals surface area contributed by atoms with Gasteiger partial charge in [0.15, 0.2) is 29.3 Å². The highest BCUT2D eigenvalue weighted by Crippen LogP contribution is 2.40. The average Bonchev–Trinajstić information content (AvgIpc) is 3.79. The summed E-state index contributed by atoms with van der Waals surface area (Å²) in [4.78, 5) is 39.0. The lowest BCUT2D eigenvalue weighted by Crippen LogP contribution is -2.32. The maximum atomic E-state index is 13.7. The Hall–Kier alpha value is -6.56. The van der Waals surface area contributed by atoms with E-state index in [1.165, 1.54) is 19.8 Å². The fraction of sp³-hybridized carbons (Fsp3) is 0.256. The number of ether oxygens (including phenoxy) is 5.